The lowest BCUT2D eigenvalue weighted by Gasteiger charge is -2.33. The maximum absolute atomic E-state index is 14.0. The van der Waals surface area contributed by atoms with E-state index in [1.165, 1.54) is 6.07 Å². The van der Waals surface area contributed by atoms with Gasteiger partial charge in [-0.15, -0.1) is 0 Å². The van der Waals surface area contributed by atoms with Gasteiger partial charge < -0.3 is 5.11 Å². The molecule has 0 fully saturated rings. The van der Waals surface area contributed by atoms with Crippen molar-refractivity contribution in [3.8, 4) is 0 Å². The van der Waals surface area contributed by atoms with E-state index in [1.54, 1.807) is 0 Å². The van der Waals surface area contributed by atoms with E-state index in [2.05, 4.69) is 0 Å². The van der Waals surface area contributed by atoms with E-state index >= 15 is 0 Å². The van der Waals surface area contributed by atoms with Crippen molar-refractivity contribution in [3.05, 3.63) is 34.6 Å². The fourth-order valence-corrected chi connectivity index (χ4v) is 2.34. The minimum Gasteiger partial charge on any atom is -0.385 e. The van der Waals surface area contributed by atoms with Gasteiger partial charge in [-0.2, -0.15) is 0 Å². The third-order valence-corrected chi connectivity index (χ3v) is 3.36. The zero-order valence-electron chi connectivity index (χ0n) is 10.8. The third kappa shape index (κ3) is 2.12. The highest BCUT2D eigenvalue weighted by atomic mass is 19.1. The lowest BCUT2D eigenvalue weighted by molar-refractivity contribution is -0.0177. The SMILES string of the molecule is CCC(O)(c1c(C)cc(C)cc1F)C(C)C. The summed E-state index contributed by atoms with van der Waals surface area (Å²) in [7, 11) is 0. The van der Waals surface area contributed by atoms with Crippen molar-refractivity contribution in [2.45, 2.75) is 46.6 Å². The average Bonchev–Trinajstić information content (AvgIpc) is 2.15. The van der Waals surface area contributed by atoms with E-state index in [4.69, 9.17) is 0 Å². The van der Waals surface area contributed by atoms with Crippen molar-refractivity contribution >= 4 is 0 Å². The molecule has 1 N–H and O–H groups in total. The van der Waals surface area contributed by atoms with Gasteiger partial charge in [0.15, 0.2) is 0 Å². The number of hydrogen-bond acceptors (Lipinski definition) is 1. The first kappa shape index (κ1) is 13.2. The third-order valence-electron chi connectivity index (χ3n) is 3.36. The lowest BCUT2D eigenvalue weighted by atomic mass is 9.78. The molecule has 1 nitrogen and oxygen atoms in total. The molecule has 2 heteroatoms. The number of aryl methyl sites for hydroxylation is 2. The Hall–Kier alpha value is -0.890. The highest BCUT2D eigenvalue weighted by Gasteiger charge is 2.35. The van der Waals surface area contributed by atoms with Crippen LogP contribution in [0, 0.1) is 25.6 Å². The molecule has 0 spiro atoms. The van der Waals surface area contributed by atoms with Gasteiger partial charge in [0.2, 0.25) is 0 Å². The maximum Gasteiger partial charge on any atom is 0.129 e. The Labute approximate surface area is 97.3 Å². The van der Waals surface area contributed by atoms with Crippen LogP contribution in [0.5, 0.6) is 0 Å². The fraction of sp³-hybridized carbons (Fsp3) is 0.571. The maximum atomic E-state index is 14.0. The zero-order valence-corrected chi connectivity index (χ0v) is 10.8. The molecule has 1 rings (SSSR count). The number of aliphatic hydroxyl groups is 1. The monoisotopic (exact) mass is 224 g/mol. The molecule has 1 atom stereocenters. The van der Waals surface area contributed by atoms with Crippen LogP contribution in [0.1, 0.15) is 43.9 Å². The van der Waals surface area contributed by atoms with Crippen LogP contribution in [-0.2, 0) is 5.60 Å². The Balaban J connectivity index is 3.42. The largest absolute Gasteiger partial charge is 0.385 e. The summed E-state index contributed by atoms with van der Waals surface area (Å²) in [6.07, 6.45) is 0.519. The first-order valence-electron chi connectivity index (χ1n) is 5.82. The molecule has 0 bridgehead atoms. The van der Waals surface area contributed by atoms with Gasteiger partial charge in [0, 0.05) is 5.56 Å². The number of halogens is 1. The van der Waals surface area contributed by atoms with Crippen LogP contribution < -0.4 is 0 Å². The van der Waals surface area contributed by atoms with E-state index in [1.807, 2.05) is 40.7 Å². The van der Waals surface area contributed by atoms with Gasteiger partial charge in [-0.1, -0.05) is 26.8 Å². The molecule has 0 heterocycles. The Morgan fingerprint density at radius 2 is 1.88 bits per heavy atom. The van der Waals surface area contributed by atoms with Gasteiger partial charge in [0.05, 0.1) is 5.60 Å². The molecule has 1 aromatic carbocycles. The Morgan fingerprint density at radius 1 is 1.31 bits per heavy atom. The molecule has 1 aromatic rings. The molecular weight excluding hydrogens is 203 g/mol. The van der Waals surface area contributed by atoms with Crippen molar-refractivity contribution in [2.24, 2.45) is 5.92 Å². The summed E-state index contributed by atoms with van der Waals surface area (Å²) in [5.41, 5.74) is 1.11. The summed E-state index contributed by atoms with van der Waals surface area (Å²) in [6, 6.07) is 3.41. The van der Waals surface area contributed by atoms with Crippen molar-refractivity contribution in [3.63, 3.8) is 0 Å². The second kappa shape index (κ2) is 4.54. The van der Waals surface area contributed by atoms with Gasteiger partial charge in [0.25, 0.3) is 0 Å². The highest BCUT2D eigenvalue weighted by Crippen LogP contribution is 2.36. The lowest BCUT2D eigenvalue weighted by Crippen LogP contribution is -2.33. The van der Waals surface area contributed by atoms with Gasteiger partial charge in [-0.25, -0.2) is 4.39 Å². The average molecular weight is 224 g/mol. The van der Waals surface area contributed by atoms with E-state index in [9.17, 15) is 9.50 Å². The van der Waals surface area contributed by atoms with Crippen molar-refractivity contribution < 1.29 is 9.50 Å². The second-order valence-corrected chi connectivity index (χ2v) is 4.87. The summed E-state index contributed by atoms with van der Waals surface area (Å²) in [5, 5.41) is 10.6. The van der Waals surface area contributed by atoms with Crippen LogP contribution in [0.25, 0.3) is 0 Å². The van der Waals surface area contributed by atoms with Gasteiger partial charge in [0.1, 0.15) is 5.82 Å². The molecular formula is C14H21FO. The molecule has 90 valence electrons. The molecule has 16 heavy (non-hydrogen) atoms. The molecule has 0 aliphatic carbocycles. The first-order valence-corrected chi connectivity index (χ1v) is 5.82. The predicted octanol–water partition coefficient (Wildman–Crippen LogP) is 3.70. The van der Waals surface area contributed by atoms with Crippen LogP contribution in [0.2, 0.25) is 0 Å². The molecule has 0 saturated carbocycles. The second-order valence-electron chi connectivity index (χ2n) is 4.87. The topological polar surface area (TPSA) is 20.2 Å². The fourth-order valence-electron chi connectivity index (χ4n) is 2.34. The molecule has 0 aliphatic heterocycles. The van der Waals surface area contributed by atoms with E-state index in [0.29, 0.717) is 12.0 Å². The number of hydrogen-bond donors (Lipinski definition) is 1. The van der Waals surface area contributed by atoms with Crippen LogP contribution in [0.15, 0.2) is 12.1 Å². The molecule has 0 aromatic heterocycles. The first-order chi connectivity index (χ1) is 7.32. The summed E-state index contributed by atoms with van der Waals surface area (Å²) in [5.74, 6) is -0.302. The smallest absolute Gasteiger partial charge is 0.129 e. The quantitative estimate of drug-likeness (QED) is 0.830. The van der Waals surface area contributed by atoms with E-state index in [0.717, 1.165) is 11.1 Å². The van der Waals surface area contributed by atoms with Crippen molar-refractivity contribution in [2.75, 3.05) is 0 Å². The van der Waals surface area contributed by atoms with E-state index < -0.39 is 5.60 Å². The molecule has 1 unspecified atom stereocenters. The van der Waals surface area contributed by atoms with Crippen molar-refractivity contribution in [1.29, 1.82) is 0 Å². The summed E-state index contributed by atoms with van der Waals surface area (Å²) >= 11 is 0. The minimum atomic E-state index is -1.07. The summed E-state index contributed by atoms with van der Waals surface area (Å²) in [6.45, 7) is 9.44. The Bertz CT molecular complexity index is 361. The van der Waals surface area contributed by atoms with E-state index in [-0.39, 0.29) is 11.7 Å². The Morgan fingerprint density at radius 3 is 2.25 bits per heavy atom. The van der Waals surface area contributed by atoms with Crippen molar-refractivity contribution in [1.82, 2.24) is 0 Å². The van der Waals surface area contributed by atoms with Gasteiger partial charge in [-0.3, -0.25) is 0 Å². The van der Waals surface area contributed by atoms with Gasteiger partial charge in [-0.05, 0) is 43.4 Å². The highest BCUT2D eigenvalue weighted by molar-refractivity contribution is 5.36. The number of rotatable bonds is 3. The molecule has 0 amide bonds. The zero-order chi connectivity index (χ0) is 12.5. The molecule has 0 saturated heterocycles. The standard InChI is InChI=1S/C14H21FO/c1-6-14(16,9(2)3)13-11(5)7-10(4)8-12(13)15/h7-9,16H,6H2,1-5H3. The molecule has 0 aliphatic rings. The predicted molar refractivity (Wildman–Crippen MR) is 64.9 cm³/mol. The minimum absolute atomic E-state index is 0.00611. The number of benzene rings is 1. The van der Waals surface area contributed by atoms with Gasteiger partial charge >= 0.3 is 0 Å². The molecule has 0 radical (unpaired) electrons. The Kier molecular flexibility index (Phi) is 3.74. The summed E-state index contributed by atoms with van der Waals surface area (Å²) < 4.78 is 14.0. The van der Waals surface area contributed by atoms with Crippen LogP contribution in [0.4, 0.5) is 4.39 Å². The van der Waals surface area contributed by atoms with Crippen LogP contribution >= 0.6 is 0 Å². The van der Waals surface area contributed by atoms with Crippen LogP contribution in [-0.4, -0.2) is 5.11 Å². The van der Waals surface area contributed by atoms with Crippen LogP contribution in [0.3, 0.4) is 0 Å². The normalized spacial score (nSPS) is 15.2. The summed E-state index contributed by atoms with van der Waals surface area (Å²) in [4.78, 5) is 0.